The summed E-state index contributed by atoms with van der Waals surface area (Å²) in [5.74, 6) is -0.169. The summed E-state index contributed by atoms with van der Waals surface area (Å²) in [6.07, 6.45) is 2.30. The summed E-state index contributed by atoms with van der Waals surface area (Å²) in [5.41, 5.74) is 2.11. The van der Waals surface area contributed by atoms with Gasteiger partial charge in [0.1, 0.15) is 5.41 Å². The Morgan fingerprint density at radius 1 is 1.39 bits per heavy atom. The molecule has 0 spiro atoms. The molecule has 1 amide bonds. The van der Waals surface area contributed by atoms with Gasteiger partial charge >= 0.3 is 0 Å². The number of halogens is 1. The number of aryl methyl sites for hydroxylation is 2. The Bertz CT molecular complexity index is 518. The Morgan fingerprint density at radius 3 is 2.33 bits per heavy atom. The average Bonchev–Trinajstić information content (AvgIpc) is 2.25. The van der Waals surface area contributed by atoms with E-state index in [1.165, 1.54) is 0 Å². The standard InChI is InChI=1S/C14H15BrN2O/c1-9-6-11(7-10(2)12(9)15)17-13(18)14(8-16)4-3-5-14/h6-7H,3-5H2,1-2H3,(H,17,18). The van der Waals surface area contributed by atoms with Crippen molar-refractivity contribution in [3.63, 3.8) is 0 Å². The van der Waals surface area contributed by atoms with E-state index in [4.69, 9.17) is 5.26 Å². The molecule has 0 heterocycles. The summed E-state index contributed by atoms with van der Waals surface area (Å²) < 4.78 is 1.05. The van der Waals surface area contributed by atoms with E-state index in [2.05, 4.69) is 27.3 Å². The van der Waals surface area contributed by atoms with Crippen LogP contribution in [0, 0.1) is 30.6 Å². The molecule has 0 bridgehead atoms. The maximum absolute atomic E-state index is 12.1. The van der Waals surface area contributed by atoms with Crippen molar-refractivity contribution in [1.82, 2.24) is 0 Å². The van der Waals surface area contributed by atoms with Crippen LogP contribution in [0.25, 0.3) is 0 Å². The number of rotatable bonds is 2. The first-order chi connectivity index (χ1) is 8.48. The normalized spacial score (nSPS) is 16.6. The van der Waals surface area contributed by atoms with E-state index in [1.54, 1.807) is 0 Å². The van der Waals surface area contributed by atoms with Gasteiger partial charge in [-0.3, -0.25) is 4.79 Å². The molecule has 3 nitrogen and oxygen atoms in total. The van der Waals surface area contributed by atoms with E-state index >= 15 is 0 Å². The fourth-order valence-electron chi connectivity index (χ4n) is 2.19. The number of amides is 1. The highest BCUT2D eigenvalue weighted by Gasteiger charge is 2.44. The van der Waals surface area contributed by atoms with Crippen LogP contribution in [-0.4, -0.2) is 5.91 Å². The van der Waals surface area contributed by atoms with E-state index in [-0.39, 0.29) is 5.91 Å². The highest BCUT2D eigenvalue weighted by molar-refractivity contribution is 9.10. The lowest BCUT2D eigenvalue weighted by Gasteiger charge is -2.33. The van der Waals surface area contributed by atoms with Gasteiger partial charge in [-0.2, -0.15) is 5.26 Å². The van der Waals surface area contributed by atoms with E-state index in [9.17, 15) is 4.79 Å². The van der Waals surface area contributed by atoms with E-state index in [0.717, 1.165) is 27.7 Å². The van der Waals surface area contributed by atoms with Crippen molar-refractivity contribution >= 4 is 27.5 Å². The van der Waals surface area contributed by atoms with Crippen LogP contribution in [0.15, 0.2) is 16.6 Å². The minimum absolute atomic E-state index is 0.169. The summed E-state index contributed by atoms with van der Waals surface area (Å²) in [4.78, 5) is 12.1. The number of hydrogen-bond donors (Lipinski definition) is 1. The lowest BCUT2D eigenvalue weighted by Crippen LogP contribution is -2.40. The molecule has 0 saturated heterocycles. The van der Waals surface area contributed by atoms with Crippen molar-refractivity contribution in [2.45, 2.75) is 33.1 Å². The largest absolute Gasteiger partial charge is 0.325 e. The molecule has 1 N–H and O–H groups in total. The molecule has 0 aromatic heterocycles. The van der Waals surface area contributed by atoms with Crippen LogP contribution in [0.1, 0.15) is 30.4 Å². The molecule has 1 aromatic rings. The molecular formula is C14H15BrN2O. The number of nitriles is 1. The van der Waals surface area contributed by atoms with E-state index < -0.39 is 5.41 Å². The Morgan fingerprint density at radius 2 is 1.94 bits per heavy atom. The van der Waals surface area contributed by atoms with Gasteiger partial charge in [-0.1, -0.05) is 15.9 Å². The van der Waals surface area contributed by atoms with Crippen molar-refractivity contribution in [3.05, 3.63) is 27.7 Å². The third-order valence-corrected chi connectivity index (χ3v) is 4.80. The molecular weight excluding hydrogens is 292 g/mol. The number of nitrogens with one attached hydrogen (secondary N) is 1. The van der Waals surface area contributed by atoms with Crippen LogP contribution in [-0.2, 0) is 4.79 Å². The van der Waals surface area contributed by atoms with Crippen LogP contribution < -0.4 is 5.32 Å². The van der Waals surface area contributed by atoms with Crippen LogP contribution in [0.3, 0.4) is 0 Å². The first-order valence-corrected chi connectivity index (χ1v) is 6.77. The SMILES string of the molecule is Cc1cc(NC(=O)C2(C#N)CCC2)cc(C)c1Br. The Kier molecular flexibility index (Phi) is 3.45. The molecule has 1 saturated carbocycles. The van der Waals surface area contributed by atoms with Crippen LogP contribution >= 0.6 is 15.9 Å². The number of benzene rings is 1. The first-order valence-electron chi connectivity index (χ1n) is 5.98. The van der Waals surface area contributed by atoms with Crippen molar-refractivity contribution < 1.29 is 4.79 Å². The Balaban J connectivity index is 2.20. The highest BCUT2D eigenvalue weighted by Crippen LogP contribution is 2.41. The predicted molar refractivity (Wildman–Crippen MR) is 74.1 cm³/mol. The monoisotopic (exact) mass is 306 g/mol. The summed E-state index contributed by atoms with van der Waals surface area (Å²) in [7, 11) is 0. The summed E-state index contributed by atoms with van der Waals surface area (Å²) in [5, 5.41) is 12.0. The van der Waals surface area contributed by atoms with Gasteiger partial charge in [-0.15, -0.1) is 0 Å². The molecule has 2 rings (SSSR count). The Hall–Kier alpha value is -1.34. The van der Waals surface area contributed by atoms with E-state index in [1.807, 2.05) is 26.0 Å². The first kappa shape index (κ1) is 13.1. The van der Waals surface area contributed by atoms with Gasteiger partial charge < -0.3 is 5.32 Å². The van der Waals surface area contributed by atoms with Crippen LogP contribution in [0.2, 0.25) is 0 Å². The van der Waals surface area contributed by atoms with Crippen LogP contribution in [0.5, 0.6) is 0 Å². The lowest BCUT2D eigenvalue weighted by molar-refractivity contribution is -0.126. The molecule has 94 valence electrons. The third-order valence-electron chi connectivity index (χ3n) is 3.55. The second-order valence-electron chi connectivity index (χ2n) is 4.93. The predicted octanol–water partition coefficient (Wildman–Crippen LogP) is 3.70. The van der Waals surface area contributed by atoms with Crippen LogP contribution in [0.4, 0.5) is 5.69 Å². The molecule has 18 heavy (non-hydrogen) atoms. The zero-order chi connectivity index (χ0) is 13.3. The number of carbonyl (C=O) groups is 1. The third kappa shape index (κ3) is 2.15. The number of hydrogen-bond acceptors (Lipinski definition) is 2. The topological polar surface area (TPSA) is 52.9 Å². The Labute approximate surface area is 115 Å². The number of nitrogens with zero attached hydrogens (tertiary/aromatic N) is 1. The van der Waals surface area contributed by atoms with Gasteiger partial charge in [0.15, 0.2) is 0 Å². The molecule has 1 fully saturated rings. The molecule has 0 aliphatic heterocycles. The maximum Gasteiger partial charge on any atom is 0.244 e. The number of carbonyl (C=O) groups excluding carboxylic acids is 1. The zero-order valence-corrected chi connectivity index (χ0v) is 12.1. The maximum atomic E-state index is 12.1. The fourth-order valence-corrected chi connectivity index (χ4v) is 2.42. The fraction of sp³-hybridized carbons (Fsp3) is 0.429. The molecule has 0 unspecified atom stereocenters. The van der Waals surface area contributed by atoms with Crippen molar-refractivity contribution in [1.29, 1.82) is 5.26 Å². The summed E-state index contributed by atoms with van der Waals surface area (Å²) >= 11 is 3.49. The van der Waals surface area contributed by atoms with Gasteiger partial charge in [0.2, 0.25) is 5.91 Å². The average molecular weight is 307 g/mol. The van der Waals surface area contributed by atoms with Gasteiger partial charge in [-0.05, 0) is 56.4 Å². The van der Waals surface area contributed by atoms with E-state index in [0.29, 0.717) is 12.8 Å². The zero-order valence-electron chi connectivity index (χ0n) is 10.5. The van der Waals surface area contributed by atoms with Gasteiger partial charge in [0, 0.05) is 10.2 Å². The van der Waals surface area contributed by atoms with Crippen molar-refractivity contribution in [2.24, 2.45) is 5.41 Å². The summed E-state index contributed by atoms with van der Waals surface area (Å²) in [6, 6.07) is 5.99. The molecule has 0 atom stereocenters. The summed E-state index contributed by atoms with van der Waals surface area (Å²) in [6.45, 7) is 3.96. The second-order valence-corrected chi connectivity index (χ2v) is 5.72. The molecule has 1 aliphatic rings. The smallest absolute Gasteiger partial charge is 0.244 e. The second kappa shape index (κ2) is 4.74. The quantitative estimate of drug-likeness (QED) is 0.905. The van der Waals surface area contributed by atoms with Gasteiger partial charge in [-0.25, -0.2) is 0 Å². The highest BCUT2D eigenvalue weighted by atomic mass is 79.9. The number of anilines is 1. The van der Waals surface area contributed by atoms with Crippen molar-refractivity contribution in [2.75, 3.05) is 5.32 Å². The minimum Gasteiger partial charge on any atom is -0.325 e. The van der Waals surface area contributed by atoms with Crippen molar-refractivity contribution in [3.8, 4) is 6.07 Å². The molecule has 0 radical (unpaired) electrons. The lowest BCUT2D eigenvalue weighted by atomic mass is 9.69. The molecule has 1 aliphatic carbocycles. The molecule has 4 heteroatoms. The van der Waals surface area contributed by atoms with Gasteiger partial charge in [0.25, 0.3) is 0 Å². The molecule has 1 aromatic carbocycles. The minimum atomic E-state index is -0.797. The van der Waals surface area contributed by atoms with Gasteiger partial charge in [0.05, 0.1) is 6.07 Å².